The number of rotatable bonds is 4. The molecule has 1 N–H and O–H groups in total. The molecule has 0 saturated carbocycles. The SMILES string of the molecule is CC(Oc1ccc(Cl)cc1)C(=O)Nc1cccc(Cl)c1Cl. The summed E-state index contributed by atoms with van der Waals surface area (Å²) >= 11 is 17.7. The number of halogens is 3. The van der Waals surface area contributed by atoms with Crippen LogP contribution in [0.2, 0.25) is 15.1 Å². The number of hydrogen-bond donors (Lipinski definition) is 1. The lowest BCUT2D eigenvalue weighted by Crippen LogP contribution is -2.30. The first-order chi connectivity index (χ1) is 9.97. The van der Waals surface area contributed by atoms with E-state index in [0.29, 0.717) is 26.5 Å². The first-order valence-corrected chi connectivity index (χ1v) is 7.28. The molecule has 1 amide bonds. The van der Waals surface area contributed by atoms with Crippen LogP contribution in [-0.4, -0.2) is 12.0 Å². The number of anilines is 1. The van der Waals surface area contributed by atoms with Gasteiger partial charge in [0.15, 0.2) is 6.10 Å². The van der Waals surface area contributed by atoms with Gasteiger partial charge in [-0.15, -0.1) is 0 Å². The number of carbonyl (C=O) groups excluding carboxylic acids is 1. The highest BCUT2D eigenvalue weighted by Gasteiger charge is 2.16. The summed E-state index contributed by atoms with van der Waals surface area (Å²) in [4.78, 5) is 12.1. The average Bonchev–Trinajstić information content (AvgIpc) is 2.46. The van der Waals surface area contributed by atoms with Crippen molar-refractivity contribution in [3.63, 3.8) is 0 Å². The maximum Gasteiger partial charge on any atom is 0.265 e. The summed E-state index contributed by atoms with van der Waals surface area (Å²) in [6.45, 7) is 1.64. The molecule has 0 aliphatic heterocycles. The van der Waals surface area contributed by atoms with Crippen LogP contribution in [0.1, 0.15) is 6.92 Å². The van der Waals surface area contributed by atoms with E-state index in [0.717, 1.165) is 0 Å². The lowest BCUT2D eigenvalue weighted by Gasteiger charge is -2.15. The second-order valence-corrected chi connectivity index (χ2v) is 5.53. The lowest BCUT2D eigenvalue weighted by atomic mass is 10.3. The van der Waals surface area contributed by atoms with E-state index in [1.165, 1.54) is 0 Å². The molecule has 2 aromatic carbocycles. The molecule has 0 aliphatic carbocycles. The van der Waals surface area contributed by atoms with Gasteiger partial charge in [0, 0.05) is 5.02 Å². The summed E-state index contributed by atoms with van der Waals surface area (Å²) in [7, 11) is 0. The minimum atomic E-state index is -0.693. The van der Waals surface area contributed by atoms with Gasteiger partial charge in [0.05, 0.1) is 15.7 Å². The lowest BCUT2D eigenvalue weighted by molar-refractivity contribution is -0.122. The molecule has 0 heterocycles. The van der Waals surface area contributed by atoms with Crippen molar-refractivity contribution in [3.8, 4) is 5.75 Å². The molecule has 0 spiro atoms. The van der Waals surface area contributed by atoms with Crippen molar-refractivity contribution in [1.82, 2.24) is 0 Å². The number of benzene rings is 2. The van der Waals surface area contributed by atoms with Gasteiger partial charge in [0.2, 0.25) is 0 Å². The third kappa shape index (κ3) is 4.27. The molecular formula is C15H12Cl3NO2. The van der Waals surface area contributed by atoms with Crippen LogP contribution in [0.5, 0.6) is 5.75 Å². The summed E-state index contributed by atoms with van der Waals surface area (Å²) in [6, 6.07) is 11.8. The van der Waals surface area contributed by atoms with Crippen LogP contribution >= 0.6 is 34.8 Å². The first kappa shape index (κ1) is 16.0. The van der Waals surface area contributed by atoms with Gasteiger partial charge in [-0.1, -0.05) is 40.9 Å². The van der Waals surface area contributed by atoms with Crippen molar-refractivity contribution >= 4 is 46.4 Å². The molecule has 2 rings (SSSR count). The van der Waals surface area contributed by atoms with E-state index >= 15 is 0 Å². The zero-order valence-electron chi connectivity index (χ0n) is 11.1. The van der Waals surface area contributed by atoms with E-state index in [9.17, 15) is 4.79 Å². The van der Waals surface area contributed by atoms with Gasteiger partial charge in [-0.25, -0.2) is 0 Å². The highest BCUT2D eigenvalue weighted by atomic mass is 35.5. The predicted octanol–water partition coefficient (Wildman–Crippen LogP) is 5.05. The molecule has 0 fully saturated rings. The van der Waals surface area contributed by atoms with Crippen molar-refractivity contribution in [2.45, 2.75) is 13.0 Å². The van der Waals surface area contributed by atoms with Crippen LogP contribution in [0.4, 0.5) is 5.69 Å². The maximum absolute atomic E-state index is 12.1. The fourth-order valence-corrected chi connectivity index (χ4v) is 2.08. The Kier molecular flexibility index (Phi) is 5.34. The van der Waals surface area contributed by atoms with Crippen LogP contribution in [0.3, 0.4) is 0 Å². The van der Waals surface area contributed by atoms with Crippen LogP contribution < -0.4 is 10.1 Å². The number of amides is 1. The van der Waals surface area contributed by atoms with Gasteiger partial charge >= 0.3 is 0 Å². The summed E-state index contributed by atoms with van der Waals surface area (Å²) < 4.78 is 5.53. The average molecular weight is 345 g/mol. The van der Waals surface area contributed by atoms with E-state index in [1.807, 2.05) is 0 Å². The number of hydrogen-bond acceptors (Lipinski definition) is 2. The Balaban J connectivity index is 2.02. The Bertz CT molecular complexity index is 644. The van der Waals surface area contributed by atoms with Crippen molar-refractivity contribution in [2.24, 2.45) is 0 Å². The van der Waals surface area contributed by atoms with Crippen molar-refractivity contribution in [3.05, 3.63) is 57.5 Å². The van der Waals surface area contributed by atoms with Crippen molar-refractivity contribution in [2.75, 3.05) is 5.32 Å². The predicted molar refractivity (Wildman–Crippen MR) is 86.6 cm³/mol. The molecule has 1 atom stereocenters. The molecule has 3 nitrogen and oxygen atoms in total. The van der Waals surface area contributed by atoms with Gasteiger partial charge in [-0.05, 0) is 43.3 Å². The van der Waals surface area contributed by atoms with E-state index in [-0.39, 0.29) is 5.91 Å². The summed E-state index contributed by atoms with van der Waals surface area (Å²) in [5.74, 6) is 0.230. The maximum atomic E-state index is 12.1. The molecule has 2 aromatic rings. The molecule has 110 valence electrons. The monoisotopic (exact) mass is 343 g/mol. The van der Waals surface area contributed by atoms with Gasteiger partial charge in [-0.3, -0.25) is 4.79 Å². The Morgan fingerprint density at radius 2 is 1.76 bits per heavy atom. The van der Waals surface area contributed by atoms with Crippen molar-refractivity contribution < 1.29 is 9.53 Å². The number of ether oxygens (including phenoxy) is 1. The van der Waals surface area contributed by atoms with E-state index in [1.54, 1.807) is 49.4 Å². The van der Waals surface area contributed by atoms with Crippen LogP contribution in [0.15, 0.2) is 42.5 Å². The van der Waals surface area contributed by atoms with Crippen LogP contribution in [0.25, 0.3) is 0 Å². The molecule has 1 unspecified atom stereocenters. The molecule has 0 saturated heterocycles. The minimum Gasteiger partial charge on any atom is -0.481 e. The van der Waals surface area contributed by atoms with Gasteiger partial charge in [-0.2, -0.15) is 0 Å². The summed E-state index contributed by atoms with van der Waals surface area (Å²) in [6.07, 6.45) is -0.693. The highest BCUT2D eigenvalue weighted by Crippen LogP contribution is 2.29. The first-order valence-electron chi connectivity index (χ1n) is 6.14. The van der Waals surface area contributed by atoms with Gasteiger partial charge in [0.25, 0.3) is 5.91 Å². The van der Waals surface area contributed by atoms with Crippen molar-refractivity contribution in [1.29, 1.82) is 0 Å². The third-order valence-corrected chi connectivity index (χ3v) is 3.78. The second-order valence-electron chi connectivity index (χ2n) is 4.30. The Morgan fingerprint density at radius 3 is 2.43 bits per heavy atom. The Morgan fingerprint density at radius 1 is 1.10 bits per heavy atom. The fraction of sp³-hybridized carbons (Fsp3) is 0.133. The molecule has 0 aromatic heterocycles. The smallest absolute Gasteiger partial charge is 0.265 e. The highest BCUT2D eigenvalue weighted by molar-refractivity contribution is 6.44. The number of nitrogens with one attached hydrogen (secondary N) is 1. The largest absolute Gasteiger partial charge is 0.481 e. The van der Waals surface area contributed by atoms with E-state index in [4.69, 9.17) is 39.5 Å². The third-order valence-electron chi connectivity index (χ3n) is 2.71. The minimum absolute atomic E-state index is 0.297. The molecule has 21 heavy (non-hydrogen) atoms. The number of carbonyl (C=O) groups is 1. The Hall–Kier alpha value is -1.42. The fourth-order valence-electron chi connectivity index (χ4n) is 1.61. The van der Waals surface area contributed by atoms with Gasteiger partial charge in [0.1, 0.15) is 5.75 Å². The Labute approximate surface area is 137 Å². The second kappa shape index (κ2) is 7.03. The molecular weight excluding hydrogens is 333 g/mol. The van der Waals surface area contributed by atoms with Crippen LogP contribution in [0, 0.1) is 0 Å². The normalized spacial score (nSPS) is 11.8. The molecule has 0 radical (unpaired) electrons. The van der Waals surface area contributed by atoms with Gasteiger partial charge < -0.3 is 10.1 Å². The summed E-state index contributed by atoms with van der Waals surface area (Å²) in [5.41, 5.74) is 0.445. The molecule has 0 aliphatic rings. The zero-order valence-corrected chi connectivity index (χ0v) is 13.3. The van der Waals surface area contributed by atoms with E-state index < -0.39 is 6.10 Å². The topological polar surface area (TPSA) is 38.3 Å². The standard InChI is InChI=1S/C15H12Cl3NO2/c1-9(21-11-7-5-10(16)6-8-11)15(20)19-13-4-2-3-12(17)14(13)18/h2-9H,1H3,(H,19,20). The quantitative estimate of drug-likeness (QED) is 0.842. The zero-order chi connectivity index (χ0) is 15.4. The molecule has 6 heteroatoms. The van der Waals surface area contributed by atoms with Crippen LogP contribution in [-0.2, 0) is 4.79 Å². The summed E-state index contributed by atoms with van der Waals surface area (Å²) in [5, 5.41) is 3.95. The molecule has 0 bridgehead atoms. The van der Waals surface area contributed by atoms with E-state index in [2.05, 4.69) is 5.32 Å².